The summed E-state index contributed by atoms with van der Waals surface area (Å²) in [6.07, 6.45) is 3.82. The standard InChI is InChI=1S/C24H22BrN3O2S/c1-2-3-14-30-20-10-7-17(8-11-20)23(29)28(16-19-6-4-5-13-26-19)24-27-21-12-9-18(25)15-22(21)31-24/h4-13,15H,2-3,14,16H2,1H3. The van der Waals surface area contributed by atoms with Gasteiger partial charge in [-0.05, 0) is 61.0 Å². The molecule has 158 valence electrons. The number of carbonyl (C=O) groups is 1. The molecule has 7 heteroatoms. The van der Waals surface area contributed by atoms with Crippen LogP contribution in [0.2, 0.25) is 0 Å². The van der Waals surface area contributed by atoms with Crippen LogP contribution in [0.4, 0.5) is 5.13 Å². The van der Waals surface area contributed by atoms with Gasteiger partial charge in [0.1, 0.15) is 5.75 Å². The van der Waals surface area contributed by atoms with Crippen molar-refractivity contribution in [1.82, 2.24) is 9.97 Å². The van der Waals surface area contributed by atoms with E-state index in [1.54, 1.807) is 23.2 Å². The first-order chi connectivity index (χ1) is 15.1. The van der Waals surface area contributed by atoms with E-state index in [1.807, 2.05) is 48.5 Å². The second-order valence-corrected chi connectivity index (χ2v) is 8.97. The molecule has 1 amide bonds. The van der Waals surface area contributed by atoms with E-state index in [4.69, 9.17) is 9.72 Å². The van der Waals surface area contributed by atoms with E-state index < -0.39 is 0 Å². The minimum absolute atomic E-state index is 0.121. The van der Waals surface area contributed by atoms with Gasteiger partial charge in [-0.15, -0.1) is 0 Å². The lowest BCUT2D eigenvalue weighted by Gasteiger charge is -2.19. The maximum Gasteiger partial charge on any atom is 0.260 e. The van der Waals surface area contributed by atoms with Crippen LogP contribution in [0.15, 0.2) is 71.3 Å². The van der Waals surface area contributed by atoms with Crippen molar-refractivity contribution in [1.29, 1.82) is 0 Å². The van der Waals surface area contributed by atoms with Crippen molar-refractivity contribution in [2.45, 2.75) is 26.3 Å². The van der Waals surface area contributed by atoms with Gasteiger partial charge >= 0.3 is 0 Å². The predicted molar refractivity (Wildman–Crippen MR) is 129 cm³/mol. The van der Waals surface area contributed by atoms with E-state index in [0.717, 1.165) is 39.0 Å². The SMILES string of the molecule is CCCCOc1ccc(C(=O)N(Cc2ccccn2)c2nc3ccc(Br)cc3s2)cc1. The van der Waals surface area contributed by atoms with Gasteiger partial charge < -0.3 is 4.74 Å². The number of halogens is 1. The van der Waals surface area contributed by atoms with Crippen LogP contribution in [0.1, 0.15) is 35.8 Å². The largest absolute Gasteiger partial charge is 0.494 e. The zero-order valence-corrected chi connectivity index (χ0v) is 19.5. The maximum atomic E-state index is 13.5. The number of benzene rings is 2. The number of thiazole rings is 1. The fourth-order valence-electron chi connectivity index (χ4n) is 3.07. The van der Waals surface area contributed by atoms with Crippen LogP contribution >= 0.6 is 27.3 Å². The number of rotatable bonds is 8. The molecule has 0 atom stereocenters. The molecule has 2 aromatic carbocycles. The summed E-state index contributed by atoms with van der Waals surface area (Å²) >= 11 is 4.99. The molecule has 5 nitrogen and oxygen atoms in total. The van der Waals surface area contributed by atoms with Crippen LogP contribution in [0, 0.1) is 0 Å². The van der Waals surface area contributed by atoms with Gasteiger partial charge in [-0.25, -0.2) is 4.98 Å². The average Bonchev–Trinajstić information content (AvgIpc) is 3.21. The summed E-state index contributed by atoms with van der Waals surface area (Å²) in [6, 6.07) is 18.9. The number of amides is 1. The summed E-state index contributed by atoms with van der Waals surface area (Å²) in [5.74, 6) is 0.648. The Labute approximate surface area is 193 Å². The molecule has 2 heterocycles. The lowest BCUT2D eigenvalue weighted by molar-refractivity contribution is 0.0985. The number of hydrogen-bond donors (Lipinski definition) is 0. The number of unbranched alkanes of at least 4 members (excludes halogenated alkanes) is 1. The highest BCUT2D eigenvalue weighted by molar-refractivity contribution is 9.10. The van der Waals surface area contributed by atoms with Gasteiger partial charge in [0, 0.05) is 16.2 Å². The van der Waals surface area contributed by atoms with E-state index in [0.29, 0.717) is 23.8 Å². The third-order valence-electron chi connectivity index (χ3n) is 4.73. The molecule has 0 saturated carbocycles. The highest BCUT2D eigenvalue weighted by atomic mass is 79.9. The van der Waals surface area contributed by atoms with Crippen LogP contribution in [0.25, 0.3) is 10.2 Å². The van der Waals surface area contributed by atoms with Gasteiger partial charge in [0.2, 0.25) is 0 Å². The molecule has 4 aromatic rings. The van der Waals surface area contributed by atoms with Gasteiger partial charge in [-0.3, -0.25) is 14.7 Å². The van der Waals surface area contributed by atoms with Crippen molar-refractivity contribution in [3.8, 4) is 5.75 Å². The Balaban J connectivity index is 1.63. The zero-order valence-electron chi connectivity index (χ0n) is 17.1. The average molecular weight is 496 g/mol. The first-order valence-electron chi connectivity index (χ1n) is 10.1. The minimum Gasteiger partial charge on any atom is -0.494 e. The van der Waals surface area contributed by atoms with Crippen LogP contribution in [0.5, 0.6) is 5.75 Å². The van der Waals surface area contributed by atoms with Gasteiger partial charge in [-0.1, -0.05) is 46.7 Å². The van der Waals surface area contributed by atoms with Crippen LogP contribution in [0.3, 0.4) is 0 Å². The summed E-state index contributed by atoms with van der Waals surface area (Å²) in [7, 11) is 0. The highest BCUT2D eigenvalue weighted by Crippen LogP contribution is 2.32. The predicted octanol–water partition coefficient (Wildman–Crippen LogP) is 6.48. The molecule has 0 fully saturated rings. The van der Waals surface area contributed by atoms with Crippen molar-refractivity contribution >= 4 is 48.5 Å². The van der Waals surface area contributed by atoms with Crippen molar-refractivity contribution in [3.63, 3.8) is 0 Å². The molecule has 0 aliphatic rings. The molecule has 0 N–H and O–H groups in total. The smallest absolute Gasteiger partial charge is 0.260 e. The fourth-order valence-corrected chi connectivity index (χ4v) is 4.58. The second kappa shape index (κ2) is 10.0. The molecule has 2 aromatic heterocycles. The number of aromatic nitrogens is 2. The Hall–Kier alpha value is -2.77. The minimum atomic E-state index is -0.121. The summed E-state index contributed by atoms with van der Waals surface area (Å²) in [4.78, 5) is 24.3. The van der Waals surface area contributed by atoms with Crippen molar-refractivity contribution in [3.05, 3.63) is 82.6 Å². The van der Waals surface area contributed by atoms with E-state index in [2.05, 4.69) is 27.8 Å². The summed E-state index contributed by atoms with van der Waals surface area (Å²) in [5.41, 5.74) is 2.25. The Bertz CT molecular complexity index is 1160. The normalized spacial score (nSPS) is 10.9. The number of pyridine rings is 1. The van der Waals surface area contributed by atoms with E-state index in [9.17, 15) is 4.79 Å². The third-order valence-corrected chi connectivity index (χ3v) is 6.26. The molecule has 0 aliphatic heterocycles. The third kappa shape index (κ3) is 5.29. The Morgan fingerprint density at radius 1 is 1.13 bits per heavy atom. The molecule has 0 unspecified atom stereocenters. The highest BCUT2D eigenvalue weighted by Gasteiger charge is 2.22. The van der Waals surface area contributed by atoms with Gasteiger partial charge in [0.05, 0.1) is 29.1 Å². The zero-order chi connectivity index (χ0) is 21.6. The number of anilines is 1. The van der Waals surface area contributed by atoms with Gasteiger partial charge in [-0.2, -0.15) is 0 Å². The maximum absolute atomic E-state index is 13.5. The lowest BCUT2D eigenvalue weighted by atomic mass is 10.2. The second-order valence-electron chi connectivity index (χ2n) is 7.05. The first kappa shape index (κ1) is 21.5. The summed E-state index contributed by atoms with van der Waals surface area (Å²) in [6.45, 7) is 3.15. The summed E-state index contributed by atoms with van der Waals surface area (Å²) in [5, 5.41) is 0.645. The first-order valence-corrected chi connectivity index (χ1v) is 11.8. The van der Waals surface area contributed by atoms with Crippen LogP contribution in [-0.2, 0) is 6.54 Å². The molecule has 31 heavy (non-hydrogen) atoms. The molecule has 4 rings (SSSR count). The number of nitrogens with zero attached hydrogens (tertiary/aromatic N) is 3. The van der Waals surface area contributed by atoms with E-state index in [1.165, 1.54) is 11.3 Å². The van der Waals surface area contributed by atoms with Gasteiger partial charge in [0.25, 0.3) is 5.91 Å². The molecule has 0 bridgehead atoms. The molecule has 0 spiro atoms. The van der Waals surface area contributed by atoms with Crippen molar-refractivity contribution in [2.24, 2.45) is 0 Å². The Kier molecular flexibility index (Phi) is 6.94. The molecular weight excluding hydrogens is 474 g/mol. The van der Waals surface area contributed by atoms with E-state index >= 15 is 0 Å². The number of hydrogen-bond acceptors (Lipinski definition) is 5. The van der Waals surface area contributed by atoms with Crippen molar-refractivity contribution < 1.29 is 9.53 Å². The molecule has 0 radical (unpaired) electrons. The number of carbonyl (C=O) groups excluding carboxylic acids is 1. The summed E-state index contributed by atoms with van der Waals surface area (Å²) < 4.78 is 7.72. The number of ether oxygens (including phenoxy) is 1. The van der Waals surface area contributed by atoms with Gasteiger partial charge in [0.15, 0.2) is 5.13 Å². The van der Waals surface area contributed by atoms with Crippen LogP contribution in [-0.4, -0.2) is 22.5 Å². The topological polar surface area (TPSA) is 55.3 Å². The number of fused-ring (bicyclic) bond motifs is 1. The molecule has 0 aliphatic carbocycles. The quantitative estimate of drug-likeness (QED) is 0.262. The van der Waals surface area contributed by atoms with E-state index in [-0.39, 0.29) is 5.91 Å². The molecule has 0 saturated heterocycles. The lowest BCUT2D eigenvalue weighted by Crippen LogP contribution is -2.30. The monoisotopic (exact) mass is 495 g/mol. The molecular formula is C24H22BrN3O2S. The fraction of sp³-hybridized carbons (Fsp3) is 0.208. The Morgan fingerprint density at radius 3 is 2.71 bits per heavy atom. The Morgan fingerprint density at radius 2 is 1.97 bits per heavy atom. The van der Waals surface area contributed by atoms with Crippen LogP contribution < -0.4 is 9.64 Å². The van der Waals surface area contributed by atoms with Crippen molar-refractivity contribution in [2.75, 3.05) is 11.5 Å².